The van der Waals surface area contributed by atoms with E-state index in [-0.39, 0.29) is 11.1 Å². The third-order valence-corrected chi connectivity index (χ3v) is 6.40. The molecule has 1 saturated carbocycles. The number of thiophene rings is 1. The lowest BCUT2D eigenvalue weighted by molar-refractivity contribution is 0.0938. The van der Waals surface area contributed by atoms with Crippen LogP contribution in [0.2, 0.25) is 0 Å². The fourth-order valence-electron chi connectivity index (χ4n) is 3.91. The maximum Gasteiger partial charge on any atom is 0.296 e. The van der Waals surface area contributed by atoms with Crippen LogP contribution in [-0.4, -0.2) is 20.6 Å². The summed E-state index contributed by atoms with van der Waals surface area (Å²) < 4.78 is 1.57. The van der Waals surface area contributed by atoms with Crippen LogP contribution >= 0.6 is 11.3 Å². The number of carbonyl (C=O) groups excluding carboxylic acids is 1. The predicted molar refractivity (Wildman–Crippen MR) is 95.2 cm³/mol. The average molecular weight is 359 g/mol. The summed E-state index contributed by atoms with van der Waals surface area (Å²) in [7, 11) is 0. The molecule has 4 rings (SSSR count). The van der Waals surface area contributed by atoms with Crippen molar-refractivity contribution in [1.29, 1.82) is 0 Å². The number of amides is 1. The van der Waals surface area contributed by atoms with Gasteiger partial charge >= 0.3 is 0 Å². The van der Waals surface area contributed by atoms with E-state index < -0.39 is 17.2 Å². The van der Waals surface area contributed by atoms with E-state index in [1.165, 1.54) is 4.88 Å². The molecule has 1 fully saturated rings. The van der Waals surface area contributed by atoms with Crippen molar-refractivity contribution >= 4 is 17.2 Å². The van der Waals surface area contributed by atoms with Crippen LogP contribution in [0.4, 0.5) is 0 Å². The second-order valence-electron chi connectivity index (χ2n) is 7.02. The zero-order valence-electron chi connectivity index (χ0n) is 14.2. The van der Waals surface area contributed by atoms with Gasteiger partial charge in [-0.05, 0) is 44.7 Å². The van der Waals surface area contributed by atoms with E-state index in [1.807, 2.05) is 19.1 Å². The van der Waals surface area contributed by atoms with Crippen LogP contribution in [0.5, 0.6) is 5.75 Å². The molecule has 0 unspecified atom stereocenters. The quantitative estimate of drug-likeness (QED) is 0.882. The Labute approximate surface area is 149 Å². The van der Waals surface area contributed by atoms with Crippen LogP contribution in [0.25, 0.3) is 0 Å². The Morgan fingerprint density at radius 1 is 1.36 bits per heavy atom. The molecule has 0 aromatic carbocycles. The number of aromatic hydroxyl groups is 1. The number of aromatic nitrogens is 2. The Morgan fingerprint density at radius 2 is 2.12 bits per heavy atom. The third-order valence-electron chi connectivity index (χ3n) is 5.40. The third kappa shape index (κ3) is 2.66. The fourth-order valence-corrected chi connectivity index (χ4v) is 4.74. The van der Waals surface area contributed by atoms with E-state index in [4.69, 9.17) is 0 Å². The van der Waals surface area contributed by atoms with Gasteiger partial charge in [0.25, 0.3) is 11.5 Å². The number of carbonyl (C=O) groups is 1. The van der Waals surface area contributed by atoms with Gasteiger partial charge in [0, 0.05) is 21.7 Å². The topological polar surface area (TPSA) is 84.2 Å². The largest absolute Gasteiger partial charge is 0.501 e. The molecule has 2 aromatic rings. The van der Waals surface area contributed by atoms with E-state index >= 15 is 0 Å². The minimum Gasteiger partial charge on any atom is -0.501 e. The minimum atomic E-state index is -0.542. The zero-order valence-corrected chi connectivity index (χ0v) is 15.0. The number of rotatable bonds is 3. The molecule has 2 aromatic heterocycles. The summed E-state index contributed by atoms with van der Waals surface area (Å²) in [4.78, 5) is 31.7. The second kappa shape index (κ2) is 5.98. The molecule has 2 aliphatic rings. The normalized spacial score (nSPS) is 17.8. The molecular formula is C18H21N3O3S. The zero-order chi connectivity index (χ0) is 17.6. The highest BCUT2D eigenvalue weighted by Crippen LogP contribution is 2.48. The van der Waals surface area contributed by atoms with Gasteiger partial charge < -0.3 is 10.4 Å². The van der Waals surface area contributed by atoms with Crippen molar-refractivity contribution in [3.05, 3.63) is 43.8 Å². The van der Waals surface area contributed by atoms with Crippen molar-refractivity contribution in [3.63, 3.8) is 0 Å². The molecule has 2 N–H and O–H groups in total. The van der Waals surface area contributed by atoms with Crippen LogP contribution in [0, 0.1) is 6.92 Å². The van der Waals surface area contributed by atoms with Gasteiger partial charge in [0.05, 0.1) is 6.54 Å². The first-order valence-corrected chi connectivity index (χ1v) is 9.50. The van der Waals surface area contributed by atoms with Gasteiger partial charge in [-0.3, -0.25) is 14.2 Å². The molecule has 7 heteroatoms. The highest BCUT2D eigenvalue weighted by Gasteiger charge is 2.44. The van der Waals surface area contributed by atoms with Gasteiger partial charge in [0.1, 0.15) is 5.82 Å². The number of fused-ring (bicyclic) bond motifs is 2. The predicted octanol–water partition coefficient (Wildman–Crippen LogP) is 2.46. The maximum absolute atomic E-state index is 12.5. The van der Waals surface area contributed by atoms with E-state index in [0.29, 0.717) is 18.9 Å². The summed E-state index contributed by atoms with van der Waals surface area (Å²) in [5.41, 5.74) is -0.712. The van der Waals surface area contributed by atoms with Crippen LogP contribution in [0.1, 0.15) is 58.2 Å². The van der Waals surface area contributed by atoms with E-state index in [0.717, 1.165) is 37.0 Å². The summed E-state index contributed by atoms with van der Waals surface area (Å²) in [6, 6.07) is 3.95. The SMILES string of the molecule is Cc1ccc(CNC(=O)c2nc3n(c(=O)c2O)CCCC32CCC2)s1. The molecular weight excluding hydrogens is 338 g/mol. The first kappa shape index (κ1) is 16.3. The minimum absolute atomic E-state index is 0.0784. The van der Waals surface area contributed by atoms with Crippen LogP contribution in [0.3, 0.4) is 0 Å². The van der Waals surface area contributed by atoms with Crippen molar-refractivity contribution in [2.45, 2.75) is 57.5 Å². The fraction of sp³-hybridized carbons (Fsp3) is 0.500. The molecule has 1 aliphatic heterocycles. The molecule has 132 valence electrons. The molecule has 0 saturated heterocycles. The van der Waals surface area contributed by atoms with Crippen LogP contribution in [0.15, 0.2) is 16.9 Å². The highest BCUT2D eigenvalue weighted by molar-refractivity contribution is 7.11. The smallest absolute Gasteiger partial charge is 0.296 e. The molecule has 6 nitrogen and oxygen atoms in total. The van der Waals surface area contributed by atoms with E-state index in [1.54, 1.807) is 15.9 Å². The Morgan fingerprint density at radius 3 is 2.76 bits per heavy atom. The van der Waals surface area contributed by atoms with Gasteiger partial charge in [-0.15, -0.1) is 11.3 Å². The van der Waals surface area contributed by atoms with Crippen LogP contribution < -0.4 is 10.9 Å². The van der Waals surface area contributed by atoms with E-state index in [9.17, 15) is 14.7 Å². The Hall–Kier alpha value is -2.15. The van der Waals surface area contributed by atoms with Crippen molar-refractivity contribution < 1.29 is 9.90 Å². The monoisotopic (exact) mass is 359 g/mol. The Bertz CT molecular complexity index is 895. The first-order chi connectivity index (χ1) is 12.0. The van der Waals surface area contributed by atoms with Gasteiger partial charge in [0.15, 0.2) is 5.69 Å². The van der Waals surface area contributed by atoms with E-state index in [2.05, 4.69) is 10.3 Å². The summed E-state index contributed by atoms with van der Waals surface area (Å²) in [5.74, 6) is -0.353. The lowest BCUT2D eigenvalue weighted by Crippen LogP contribution is -2.45. The second-order valence-corrected chi connectivity index (χ2v) is 8.39. The summed E-state index contributed by atoms with van der Waals surface area (Å²) in [6.45, 7) is 2.93. The molecule has 3 heterocycles. The highest BCUT2D eigenvalue weighted by atomic mass is 32.1. The molecule has 1 amide bonds. The molecule has 1 aliphatic carbocycles. The number of hydrogen-bond acceptors (Lipinski definition) is 5. The summed E-state index contributed by atoms with van der Waals surface area (Å²) >= 11 is 1.60. The van der Waals surface area contributed by atoms with Gasteiger partial charge in [0.2, 0.25) is 5.75 Å². The number of nitrogens with one attached hydrogen (secondary N) is 1. The van der Waals surface area contributed by atoms with Gasteiger partial charge in [-0.25, -0.2) is 4.98 Å². The Kier molecular flexibility index (Phi) is 3.91. The Balaban J connectivity index is 1.65. The standard InChI is InChI=1S/C18H21N3O3S/c1-11-4-5-12(25-11)10-19-15(23)13-14(22)16(24)21-9-3-8-18(6-2-7-18)17(21)20-13/h4-5,22H,2-3,6-10H2,1H3,(H,19,23). The molecule has 0 radical (unpaired) electrons. The lowest BCUT2D eigenvalue weighted by Gasteiger charge is -2.45. The van der Waals surface area contributed by atoms with Gasteiger partial charge in [-0.1, -0.05) is 6.42 Å². The molecule has 0 atom stereocenters. The molecule has 1 spiro atoms. The first-order valence-electron chi connectivity index (χ1n) is 8.68. The maximum atomic E-state index is 12.5. The van der Waals surface area contributed by atoms with Crippen molar-refractivity contribution in [2.75, 3.05) is 0 Å². The number of aryl methyl sites for hydroxylation is 1. The summed E-state index contributed by atoms with van der Waals surface area (Å²) in [6.07, 6.45) is 5.03. The van der Waals surface area contributed by atoms with Crippen LogP contribution in [-0.2, 0) is 18.5 Å². The molecule has 25 heavy (non-hydrogen) atoms. The summed E-state index contributed by atoms with van der Waals surface area (Å²) in [5, 5.41) is 13.0. The average Bonchev–Trinajstić information content (AvgIpc) is 2.99. The number of hydrogen-bond donors (Lipinski definition) is 2. The van der Waals surface area contributed by atoms with Crippen molar-refractivity contribution in [2.24, 2.45) is 0 Å². The molecule has 0 bridgehead atoms. The van der Waals surface area contributed by atoms with Gasteiger partial charge in [-0.2, -0.15) is 0 Å². The van der Waals surface area contributed by atoms with Crippen molar-refractivity contribution in [1.82, 2.24) is 14.9 Å². The van der Waals surface area contributed by atoms with Crippen molar-refractivity contribution in [3.8, 4) is 5.75 Å². The lowest BCUT2D eigenvalue weighted by atomic mass is 9.64. The number of nitrogens with zero attached hydrogens (tertiary/aromatic N) is 2.